The number of carbonyl (C=O) groups excluding carboxylic acids is 1. The van der Waals surface area contributed by atoms with Gasteiger partial charge in [-0.1, -0.05) is 19.9 Å². The highest BCUT2D eigenvalue weighted by molar-refractivity contribution is 5.78. The Bertz CT molecular complexity index is 586. The van der Waals surface area contributed by atoms with Crippen LogP contribution in [0, 0.1) is 5.92 Å². The molecule has 0 aromatic carbocycles. The van der Waals surface area contributed by atoms with Crippen molar-refractivity contribution in [1.82, 2.24) is 10.3 Å². The zero-order valence-corrected chi connectivity index (χ0v) is 14.8. The lowest BCUT2D eigenvalue weighted by molar-refractivity contribution is -0.125. The highest BCUT2D eigenvalue weighted by Gasteiger charge is 2.43. The molecule has 4 atom stereocenters. The number of nitrogens with zero attached hydrogens (tertiary/aromatic N) is 2. The number of ether oxygens (including phenoxy) is 1. The van der Waals surface area contributed by atoms with Gasteiger partial charge in [-0.25, -0.2) is 4.98 Å². The van der Waals surface area contributed by atoms with Crippen LogP contribution in [0.4, 0.5) is 5.82 Å². The van der Waals surface area contributed by atoms with E-state index in [1.807, 2.05) is 12.1 Å². The maximum atomic E-state index is 12.1. The molecule has 1 saturated heterocycles. The molecule has 1 aromatic rings. The molecule has 138 valence electrons. The second kappa shape index (κ2) is 7.68. The standard InChI is InChI=1S/C18H27N3O4/c1-11(2)18(24)20-16-13(9-14(22)17(16)23)12-3-4-15(19-10-12)21-5-7-25-8-6-21/h3-4,10-11,13-14,16-17,22-23H,5-9H2,1-2H3,(H,20,24)/t13-,14-,16-,17-/m1/s1. The van der Waals surface area contributed by atoms with Crippen molar-refractivity contribution in [3.05, 3.63) is 23.9 Å². The van der Waals surface area contributed by atoms with Crippen LogP contribution in [-0.4, -0.2) is 65.7 Å². The van der Waals surface area contributed by atoms with E-state index in [1.54, 1.807) is 20.0 Å². The summed E-state index contributed by atoms with van der Waals surface area (Å²) in [6, 6.07) is 3.43. The SMILES string of the molecule is CC(C)C(=O)N[C@H]1[C@H](O)[C@H](O)C[C@@H]1c1ccc(N2CCOCC2)nc1. The third-order valence-corrected chi connectivity index (χ3v) is 5.06. The molecular weight excluding hydrogens is 322 g/mol. The topological polar surface area (TPSA) is 94.9 Å². The largest absolute Gasteiger partial charge is 0.390 e. The number of nitrogens with one attached hydrogen (secondary N) is 1. The molecule has 1 amide bonds. The third kappa shape index (κ3) is 3.94. The van der Waals surface area contributed by atoms with Gasteiger partial charge in [0.2, 0.25) is 5.91 Å². The molecule has 0 bridgehead atoms. The number of morpholine rings is 1. The molecule has 1 aliphatic carbocycles. The molecule has 2 fully saturated rings. The van der Waals surface area contributed by atoms with Crippen molar-refractivity contribution in [2.75, 3.05) is 31.2 Å². The minimum Gasteiger partial charge on any atom is -0.390 e. The Morgan fingerprint density at radius 1 is 1.32 bits per heavy atom. The van der Waals surface area contributed by atoms with Gasteiger partial charge in [0, 0.05) is 31.1 Å². The Balaban J connectivity index is 1.75. The predicted octanol–water partition coefficient (Wildman–Crippen LogP) is 0.268. The Labute approximate surface area is 148 Å². The smallest absolute Gasteiger partial charge is 0.222 e. The molecule has 3 N–H and O–H groups in total. The summed E-state index contributed by atoms with van der Waals surface area (Å²) in [6.45, 7) is 6.66. The van der Waals surface area contributed by atoms with E-state index in [1.165, 1.54) is 0 Å². The number of rotatable bonds is 4. The number of aliphatic hydroxyl groups is 2. The third-order valence-electron chi connectivity index (χ3n) is 5.06. The summed E-state index contributed by atoms with van der Waals surface area (Å²) in [5.74, 6) is 0.446. The van der Waals surface area contributed by atoms with E-state index >= 15 is 0 Å². The van der Waals surface area contributed by atoms with Gasteiger partial charge < -0.3 is 25.2 Å². The molecule has 1 saturated carbocycles. The molecule has 0 unspecified atom stereocenters. The molecule has 0 spiro atoms. The lowest BCUT2D eigenvalue weighted by Gasteiger charge is -2.28. The molecule has 0 radical (unpaired) electrons. The first-order valence-electron chi connectivity index (χ1n) is 8.92. The fourth-order valence-electron chi connectivity index (χ4n) is 3.48. The van der Waals surface area contributed by atoms with E-state index in [0.29, 0.717) is 19.6 Å². The van der Waals surface area contributed by atoms with Crippen LogP contribution in [0.2, 0.25) is 0 Å². The lowest BCUT2D eigenvalue weighted by Crippen LogP contribution is -2.46. The summed E-state index contributed by atoms with van der Waals surface area (Å²) < 4.78 is 5.35. The first kappa shape index (κ1) is 18.1. The second-order valence-electron chi connectivity index (χ2n) is 7.14. The number of pyridine rings is 1. The predicted molar refractivity (Wildman–Crippen MR) is 93.4 cm³/mol. The van der Waals surface area contributed by atoms with Crippen LogP contribution in [0.5, 0.6) is 0 Å². The quantitative estimate of drug-likeness (QED) is 0.722. The van der Waals surface area contributed by atoms with Gasteiger partial charge in [0.1, 0.15) is 11.9 Å². The highest BCUT2D eigenvalue weighted by Crippen LogP contribution is 2.35. The van der Waals surface area contributed by atoms with Crippen LogP contribution in [0.1, 0.15) is 31.7 Å². The molecule has 25 heavy (non-hydrogen) atoms. The van der Waals surface area contributed by atoms with Gasteiger partial charge in [-0.3, -0.25) is 4.79 Å². The Morgan fingerprint density at radius 3 is 2.64 bits per heavy atom. The first-order valence-corrected chi connectivity index (χ1v) is 8.92. The van der Waals surface area contributed by atoms with Gasteiger partial charge in [-0.15, -0.1) is 0 Å². The molecule has 2 heterocycles. The monoisotopic (exact) mass is 349 g/mol. The highest BCUT2D eigenvalue weighted by atomic mass is 16.5. The number of amides is 1. The van der Waals surface area contributed by atoms with E-state index in [0.717, 1.165) is 24.5 Å². The number of hydrogen-bond acceptors (Lipinski definition) is 6. The normalized spacial score (nSPS) is 29.9. The Morgan fingerprint density at radius 2 is 2.04 bits per heavy atom. The van der Waals surface area contributed by atoms with Gasteiger partial charge in [-0.05, 0) is 18.1 Å². The van der Waals surface area contributed by atoms with E-state index in [4.69, 9.17) is 4.74 Å². The van der Waals surface area contributed by atoms with Gasteiger partial charge in [0.25, 0.3) is 0 Å². The molecular formula is C18H27N3O4. The summed E-state index contributed by atoms with van der Waals surface area (Å²) in [6.07, 6.45) is 0.380. The van der Waals surface area contributed by atoms with E-state index in [2.05, 4.69) is 15.2 Å². The fraction of sp³-hybridized carbons (Fsp3) is 0.667. The number of aliphatic hydroxyl groups excluding tert-OH is 2. The first-order chi connectivity index (χ1) is 12.0. The van der Waals surface area contributed by atoms with E-state index < -0.39 is 18.2 Å². The molecule has 7 heteroatoms. The van der Waals surface area contributed by atoms with Crippen molar-refractivity contribution in [2.24, 2.45) is 5.92 Å². The molecule has 2 aliphatic rings. The van der Waals surface area contributed by atoms with Gasteiger partial charge in [0.05, 0.1) is 25.4 Å². The van der Waals surface area contributed by atoms with Crippen LogP contribution in [0.3, 0.4) is 0 Å². The average molecular weight is 349 g/mol. The van der Waals surface area contributed by atoms with Crippen LogP contribution in [-0.2, 0) is 9.53 Å². The maximum Gasteiger partial charge on any atom is 0.222 e. The van der Waals surface area contributed by atoms with Crippen LogP contribution in [0.25, 0.3) is 0 Å². The minimum absolute atomic E-state index is 0.124. The number of carbonyl (C=O) groups is 1. The summed E-state index contributed by atoms with van der Waals surface area (Å²) in [5, 5.41) is 23.2. The molecule has 3 rings (SSSR count). The van der Waals surface area contributed by atoms with Crippen LogP contribution in [0.15, 0.2) is 18.3 Å². The van der Waals surface area contributed by atoms with Crippen LogP contribution >= 0.6 is 0 Å². The van der Waals surface area contributed by atoms with Crippen molar-refractivity contribution < 1.29 is 19.7 Å². The molecule has 1 aliphatic heterocycles. The minimum atomic E-state index is -0.966. The van der Waals surface area contributed by atoms with Crippen molar-refractivity contribution in [3.63, 3.8) is 0 Å². The summed E-state index contributed by atoms with van der Waals surface area (Å²) >= 11 is 0. The van der Waals surface area contributed by atoms with Crippen molar-refractivity contribution in [1.29, 1.82) is 0 Å². The van der Waals surface area contributed by atoms with Gasteiger partial charge in [0.15, 0.2) is 0 Å². The molecule has 1 aromatic heterocycles. The van der Waals surface area contributed by atoms with Gasteiger partial charge >= 0.3 is 0 Å². The number of aromatic nitrogens is 1. The number of hydrogen-bond donors (Lipinski definition) is 3. The van der Waals surface area contributed by atoms with Crippen LogP contribution < -0.4 is 10.2 Å². The summed E-state index contributed by atoms with van der Waals surface area (Å²) in [7, 11) is 0. The maximum absolute atomic E-state index is 12.1. The van der Waals surface area contributed by atoms with Gasteiger partial charge in [-0.2, -0.15) is 0 Å². The fourth-order valence-corrected chi connectivity index (χ4v) is 3.48. The second-order valence-corrected chi connectivity index (χ2v) is 7.14. The van der Waals surface area contributed by atoms with E-state index in [9.17, 15) is 15.0 Å². The zero-order chi connectivity index (χ0) is 18.0. The zero-order valence-electron chi connectivity index (χ0n) is 14.8. The Hall–Kier alpha value is -1.70. The Kier molecular flexibility index (Phi) is 5.56. The average Bonchev–Trinajstić information content (AvgIpc) is 2.91. The summed E-state index contributed by atoms with van der Waals surface area (Å²) in [5.41, 5.74) is 0.918. The van der Waals surface area contributed by atoms with E-state index in [-0.39, 0.29) is 17.7 Å². The number of anilines is 1. The summed E-state index contributed by atoms with van der Waals surface area (Å²) in [4.78, 5) is 18.8. The molecule has 7 nitrogen and oxygen atoms in total. The van der Waals surface area contributed by atoms with Crippen molar-refractivity contribution in [3.8, 4) is 0 Å². The van der Waals surface area contributed by atoms with Crippen molar-refractivity contribution in [2.45, 2.75) is 44.4 Å². The van der Waals surface area contributed by atoms with Crippen molar-refractivity contribution >= 4 is 11.7 Å². The lowest BCUT2D eigenvalue weighted by atomic mass is 9.94.